The first-order valence-corrected chi connectivity index (χ1v) is 8.67. The van der Waals surface area contributed by atoms with Gasteiger partial charge in [0.2, 0.25) is 0 Å². The molecule has 2 aromatic heterocycles. The maximum Gasteiger partial charge on any atom is 0.269 e. The van der Waals surface area contributed by atoms with Crippen LogP contribution < -0.4 is 4.90 Å². The van der Waals surface area contributed by atoms with Crippen LogP contribution in [-0.2, 0) is 0 Å². The summed E-state index contributed by atoms with van der Waals surface area (Å²) in [6.45, 7) is 2.04. The van der Waals surface area contributed by atoms with Gasteiger partial charge in [-0.3, -0.25) is 9.59 Å². The van der Waals surface area contributed by atoms with Crippen molar-refractivity contribution in [1.29, 1.82) is 0 Å². The molecule has 1 aliphatic rings. The fraction of sp³-hybridized carbons (Fsp3) is 0.0455. The van der Waals surface area contributed by atoms with Gasteiger partial charge in [0.05, 0.1) is 22.3 Å². The monoisotopic (exact) mass is 353 g/mol. The Labute approximate surface area is 155 Å². The Morgan fingerprint density at radius 1 is 0.852 bits per heavy atom. The lowest BCUT2D eigenvalue weighted by molar-refractivity contribution is 0.0925. The number of aryl methyl sites for hydroxylation is 1. The molecule has 0 bridgehead atoms. The lowest BCUT2D eigenvalue weighted by Crippen LogP contribution is -2.30. The third kappa shape index (κ3) is 2.15. The molecule has 0 radical (unpaired) electrons. The molecule has 1 aliphatic heterocycles. The van der Waals surface area contributed by atoms with Gasteiger partial charge in [-0.2, -0.15) is 0 Å². The standard InChI is InChI=1S/C22H15N3O2/c1-14-6-4-7-15-11-13-24(20(14)15)17-9-5-8-16-19(17)22(27)25(21(16)26)18-10-2-3-12-23-18/h2-13H,1H3. The van der Waals surface area contributed by atoms with Crippen molar-refractivity contribution in [3.8, 4) is 5.69 Å². The number of nitrogens with zero attached hydrogens (tertiary/aromatic N) is 3. The molecule has 0 saturated heterocycles. The highest BCUT2D eigenvalue weighted by molar-refractivity contribution is 6.35. The van der Waals surface area contributed by atoms with Crippen LogP contribution in [0.3, 0.4) is 0 Å². The fourth-order valence-corrected chi connectivity index (χ4v) is 3.74. The molecule has 130 valence electrons. The van der Waals surface area contributed by atoms with Crippen LogP contribution >= 0.6 is 0 Å². The van der Waals surface area contributed by atoms with Crippen molar-refractivity contribution >= 4 is 28.5 Å². The van der Waals surface area contributed by atoms with Gasteiger partial charge < -0.3 is 4.57 Å². The third-order valence-electron chi connectivity index (χ3n) is 4.94. The smallest absolute Gasteiger partial charge is 0.269 e. The minimum Gasteiger partial charge on any atom is -0.315 e. The predicted octanol–water partition coefficient (Wildman–Crippen LogP) is 4.13. The van der Waals surface area contributed by atoms with E-state index in [1.54, 1.807) is 30.5 Å². The molecular weight excluding hydrogens is 338 g/mol. The molecule has 2 amide bonds. The molecule has 5 heteroatoms. The zero-order chi connectivity index (χ0) is 18.5. The molecular formula is C22H15N3O2. The van der Waals surface area contributed by atoms with E-state index in [9.17, 15) is 9.59 Å². The molecule has 0 fully saturated rings. The number of imide groups is 1. The van der Waals surface area contributed by atoms with Crippen molar-refractivity contribution in [3.63, 3.8) is 0 Å². The van der Waals surface area contributed by atoms with Crippen LogP contribution in [0, 0.1) is 6.92 Å². The van der Waals surface area contributed by atoms with Gasteiger partial charge >= 0.3 is 0 Å². The quantitative estimate of drug-likeness (QED) is 0.509. The molecule has 3 heterocycles. The van der Waals surface area contributed by atoms with E-state index in [1.807, 2.05) is 54.1 Å². The van der Waals surface area contributed by atoms with Crippen molar-refractivity contribution in [1.82, 2.24) is 9.55 Å². The van der Waals surface area contributed by atoms with E-state index in [0.717, 1.165) is 21.4 Å². The number of carbonyl (C=O) groups excluding carboxylic acids is 2. The van der Waals surface area contributed by atoms with E-state index in [-0.39, 0.29) is 11.8 Å². The average Bonchev–Trinajstić information content (AvgIpc) is 3.23. The summed E-state index contributed by atoms with van der Waals surface area (Å²) in [6.07, 6.45) is 3.51. The zero-order valence-corrected chi connectivity index (χ0v) is 14.6. The van der Waals surface area contributed by atoms with Crippen LogP contribution in [0.1, 0.15) is 26.3 Å². The molecule has 0 unspecified atom stereocenters. The first kappa shape index (κ1) is 15.5. The van der Waals surface area contributed by atoms with Crippen molar-refractivity contribution in [3.05, 3.63) is 89.7 Å². The SMILES string of the molecule is Cc1cccc2ccn(-c3cccc4c3C(=O)N(c3ccccn3)C4=O)c12. The summed E-state index contributed by atoms with van der Waals surface area (Å²) < 4.78 is 1.98. The Bertz CT molecular complexity index is 1230. The van der Waals surface area contributed by atoms with E-state index in [1.165, 1.54) is 0 Å². The predicted molar refractivity (Wildman–Crippen MR) is 103 cm³/mol. The molecule has 0 atom stereocenters. The van der Waals surface area contributed by atoms with Crippen LogP contribution in [0.15, 0.2) is 73.1 Å². The summed E-state index contributed by atoms with van der Waals surface area (Å²) in [5.74, 6) is -0.355. The van der Waals surface area contributed by atoms with E-state index in [0.29, 0.717) is 22.6 Å². The minimum atomic E-state index is -0.347. The summed E-state index contributed by atoms with van der Waals surface area (Å²) in [5, 5.41) is 1.09. The summed E-state index contributed by atoms with van der Waals surface area (Å²) in [7, 11) is 0. The lowest BCUT2D eigenvalue weighted by Gasteiger charge is -2.13. The Morgan fingerprint density at radius 3 is 2.52 bits per heavy atom. The van der Waals surface area contributed by atoms with Gasteiger partial charge in [-0.1, -0.05) is 30.3 Å². The number of amides is 2. The molecule has 27 heavy (non-hydrogen) atoms. The Kier molecular flexibility index (Phi) is 3.24. The second-order valence-electron chi connectivity index (χ2n) is 6.53. The van der Waals surface area contributed by atoms with Gasteiger partial charge in [0, 0.05) is 17.8 Å². The highest BCUT2D eigenvalue weighted by atomic mass is 16.2. The molecule has 4 aromatic rings. The van der Waals surface area contributed by atoms with Crippen LogP contribution in [-0.4, -0.2) is 21.4 Å². The number of benzene rings is 2. The number of para-hydroxylation sites is 1. The Morgan fingerprint density at radius 2 is 1.70 bits per heavy atom. The maximum atomic E-state index is 13.2. The number of aromatic nitrogens is 2. The molecule has 0 N–H and O–H groups in total. The second kappa shape index (κ2) is 5.64. The van der Waals surface area contributed by atoms with Gasteiger partial charge in [0.1, 0.15) is 5.82 Å². The van der Waals surface area contributed by atoms with Gasteiger partial charge in [0.25, 0.3) is 11.8 Å². The average molecular weight is 353 g/mol. The largest absolute Gasteiger partial charge is 0.315 e. The lowest BCUT2D eigenvalue weighted by atomic mass is 10.1. The van der Waals surface area contributed by atoms with Gasteiger partial charge in [-0.25, -0.2) is 9.88 Å². The number of hydrogen-bond donors (Lipinski definition) is 0. The summed E-state index contributed by atoms with van der Waals surface area (Å²) in [4.78, 5) is 31.4. The van der Waals surface area contributed by atoms with Crippen molar-refractivity contribution in [2.45, 2.75) is 6.92 Å². The zero-order valence-electron chi connectivity index (χ0n) is 14.6. The highest BCUT2D eigenvalue weighted by Gasteiger charge is 2.39. The summed E-state index contributed by atoms with van der Waals surface area (Å²) >= 11 is 0. The van der Waals surface area contributed by atoms with Gasteiger partial charge in [-0.15, -0.1) is 0 Å². The highest BCUT2D eigenvalue weighted by Crippen LogP contribution is 2.33. The summed E-state index contributed by atoms with van der Waals surface area (Å²) in [6, 6.07) is 18.6. The molecule has 0 aliphatic carbocycles. The number of fused-ring (bicyclic) bond motifs is 2. The first-order valence-electron chi connectivity index (χ1n) is 8.67. The summed E-state index contributed by atoms with van der Waals surface area (Å²) in [5.41, 5.74) is 3.65. The number of hydrogen-bond acceptors (Lipinski definition) is 3. The van der Waals surface area contributed by atoms with Gasteiger partial charge in [-0.05, 0) is 42.8 Å². The van der Waals surface area contributed by atoms with E-state index < -0.39 is 0 Å². The topological polar surface area (TPSA) is 55.2 Å². The first-order chi connectivity index (χ1) is 13.2. The van der Waals surface area contributed by atoms with Crippen molar-refractivity contribution in [2.24, 2.45) is 0 Å². The number of pyridine rings is 1. The van der Waals surface area contributed by atoms with Gasteiger partial charge in [0.15, 0.2) is 0 Å². The molecule has 2 aromatic carbocycles. The van der Waals surface area contributed by atoms with E-state index in [2.05, 4.69) is 4.98 Å². The Balaban J connectivity index is 1.74. The fourth-order valence-electron chi connectivity index (χ4n) is 3.74. The maximum absolute atomic E-state index is 13.2. The third-order valence-corrected chi connectivity index (χ3v) is 4.94. The normalized spacial score (nSPS) is 13.4. The van der Waals surface area contributed by atoms with Crippen LogP contribution in [0.5, 0.6) is 0 Å². The number of anilines is 1. The van der Waals surface area contributed by atoms with Crippen LogP contribution in [0.2, 0.25) is 0 Å². The van der Waals surface area contributed by atoms with Crippen LogP contribution in [0.25, 0.3) is 16.6 Å². The van der Waals surface area contributed by atoms with Crippen molar-refractivity contribution < 1.29 is 9.59 Å². The minimum absolute atomic E-state index is 0.336. The second-order valence-corrected chi connectivity index (χ2v) is 6.53. The van der Waals surface area contributed by atoms with Crippen molar-refractivity contribution in [2.75, 3.05) is 4.90 Å². The molecule has 0 spiro atoms. The van der Waals surface area contributed by atoms with Crippen LogP contribution in [0.4, 0.5) is 5.82 Å². The number of rotatable bonds is 2. The molecule has 5 rings (SSSR count). The van der Waals surface area contributed by atoms with E-state index >= 15 is 0 Å². The molecule has 0 saturated carbocycles. The molecule has 5 nitrogen and oxygen atoms in total. The Hall–Kier alpha value is -3.73. The van der Waals surface area contributed by atoms with E-state index in [4.69, 9.17) is 0 Å². The number of carbonyl (C=O) groups is 2.